The van der Waals surface area contributed by atoms with Crippen LogP contribution < -0.4 is 15.4 Å². The maximum absolute atomic E-state index is 6.40. The molecule has 0 radical (unpaired) electrons. The highest BCUT2D eigenvalue weighted by Crippen LogP contribution is 2.37. The number of aryl methyl sites for hydroxylation is 1. The van der Waals surface area contributed by atoms with Gasteiger partial charge >= 0.3 is 0 Å². The molecule has 2 unspecified atom stereocenters. The monoisotopic (exact) mass is 469 g/mol. The van der Waals surface area contributed by atoms with Crippen molar-refractivity contribution < 1.29 is 4.74 Å². The van der Waals surface area contributed by atoms with E-state index < -0.39 is 0 Å². The molecule has 34 heavy (non-hydrogen) atoms. The van der Waals surface area contributed by atoms with Gasteiger partial charge in [-0.3, -0.25) is 4.98 Å². The summed E-state index contributed by atoms with van der Waals surface area (Å²) in [6.45, 7) is 3.20. The van der Waals surface area contributed by atoms with E-state index in [9.17, 15) is 0 Å². The van der Waals surface area contributed by atoms with Gasteiger partial charge in [-0.1, -0.05) is 23.7 Å². The predicted molar refractivity (Wildman–Crippen MR) is 136 cm³/mol. The smallest absolute Gasteiger partial charge is 0.207 e. The van der Waals surface area contributed by atoms with Crippen LogP contribution >= 0.6 is 11.6 Å². The number of rotatable bonds is 4. The molecule has 1 aliphatic heterocycles. The Bertz CT molecular complexity index is 1360. The first-order valence-electron chi connectivity index (χ1n) is 11.2. The van der Waals surface area contributed by atoms with E-state index in [1.807, 2.05) is 49.4 Å². The van der Waals surface area contributed by atoms with Crippen molar-refractivity contribution in [2.45, 2.75) is 25.8 Å². The highest BCUT2D eigenvalue weighted by Gasteiger charge is 2.40. The summed E-state index contributed by atoms with van der Waals surface area (Å²) >= 11 is 6.40. The largest absolute Gasteiger partial charge is 0.454 e. The van der Waals surface area contributed by atoms with Gasteiger partial charge in [0.1, 0.15) is 17.3 Å². The number of halogens is 1. The summed E-state index contributed by atoms with van der Waals surface area (Å²) < 4.78 is 5.80. The van der Waals surface area contributed by atoms with E-state index in [-0.39, 0.29) is 0 Å². The second kappa shape index (κ2) is 9.68. The van der Waals surface area contributed by atoms with Crippen LogP contribution in [0.5, 0.6) is 11.5 Å². The third-order valence-electron chi connectivity index (χ3n) is 5.88. The van der Waals surface area contributed by atoms with Crippen LogP contribution in [-0.4, -0.2) is 27.5 Å². The van der Waals surface area contributed by atoms with Crippen molar-refractivity contribution in [1.82, 2.24) is 20.3 Å². The Morgan fingerprint density at radius 1 is 1.15 bits per heavy atom. The highest BCUT2D eigenvalue weighted by molar-refractivity contribution is 6.32. The van der Waals surface area contributed by atoms with E-state index in [1.165, 1.54) is 19.4 Å². The summed E-state index contributed by atoms with van der Waals surface area (Å²) in [6, 6.07) is 17.8. The SMILES string of the molecule is C#Cc1nc(Nc2ccc(Oc3ccc(C)nc3)c(Cl)c2)c2ccccc2n1.C1CC2CC2N1. The second-order valence-corrected chi connectivity index (χ2v) is 8.82. The Kier molecular flexibility index (Phi) is 6.31. The van der Waals surface area contributed by atoms with E-state index in [2.05, 4.69) is 31.5 Å². The Morgan fingerprint density at radius 2 is 2.03 bits per heavy atom. The standard InChI is InChI=1S/C22H15ClN4O.C5H9N/c1-3-21-26-19-7-5-4-6-17(19)22(27-21)25-15-9-11-20(18(23)12-15)28-16-10-8-14(2)24-13-16;1-2-6-5-3-4(1)5/h1,4-13H,2H3,(H,25,26,27);4-6H,1-3H2. The molecule has 1 saturated heterocycles. The Morgan fingerprint density at radius 3 is 2.68 bits per heavy atom. The Labute approximate surface area is 203 Å². The third kappa shape index (κ3) is 5.12. The van der Waals surface area contributed by atoms with Crippen LogP contribution in [0.3, 0.4) is 0 Å². The lowest BCUT2D eigenvalue weighted by atomic mass is 10.2. The number of fused-ring (bicyclic) bond motifs is 2. The van der Waals surface area contributed by atoms with Gasteiger partial charge in [0.05, 0.1) is 16.7 Å². The van der Waals surface area contributed by atoms with Crippen LogP contribution in [0.4, 0.5) is 11.5 Å². The van der Waals surface area contributed by atoms with E-state index in [4.69, 9.17) is 22.8 Å². The number of pyridine rings is 1. The molecule has 6 rings (SSSR count). The first kappa shape index (κ1) is 22.1. The van der Waals surface area contributed by atoms with Crippen molar-refractivity contribution in [3.05, 3.63) is 77.3 Å². The third-order valence-corrected chi connectivity index (χ3v) is 6.18. The van der Waals surface area contributed by atoms with Crippen molar-refractivity contribution in [2.24, 2.45) is 5.92 Å². The number of anilines is 2. The number of ether oxygens (including phenoxy) is 1. The number of hydrogen-bond acceptors (Lipinski definition) is 6. The lowest BCUT2D eigenvalue weighted by molar-refractivity contribution is 0.480. The second-order valence-electron chi connectivity index (χ2n) is 8.41. The molecule has 2 aliphatic rings. The molecule has 0 spiro atoms. The minimum atomic E-state index is 0.319. The first-order valence-corrected chi connectivity index (χ1v) is 11.6. The molecule has 2 N–H and O–H groups in total. The van der Waals surface area contributed by atoms with E-state index >= 15 is 0 Å². The maximum Gasteiger partial charge on any atom is 0.207 e. The zero-order chi connectivity index (χ0) is 23.5. The number of nitrogens with one attached hydrogen (secondary N) is 2. The van der Waals surface area contributed by atoms with Gasteiger partial charge < -0.3 is 15.4 Å². The number of nitrogens with zero attached hydrogens (tertiary/aromatic N) is 3. The molecule has 2 aromatic carbocycles. The molecular formula is C27H24ClN5O. The number of para-hydroxylation sites is 1. The summed E-state index contributed by atoms with van der Waals surface area (Å²) in [6.07, 6.45) is 10.1. The van der Waals surface area contributed by atoms with Gasteiger partial charge in [0.25, 0.3) is 0 Å². The van der Waals surface area contributed by atoms with Gasteiger partial charge in [0.15, 0.2) is 0 Å². The first-order chi connectivity index (χ1) is 16.6. The molecular weight excluding hydrogens is 446 g/mol. The molecule has 2 fully saturated rings. The van der Waals surface area contributed by atoms with Crippen LogP contribution in [0.2, 0.25) is 5.02 Å². The van der Waals surface area contributed by atoms with Crippen LogP contribution in [-0.2, 0) is 0 Å². The normalized spacial score (nSPS) is 17.8. The summed E-state index contributed by atoms with van der Waals surface area (Å²) in [4.78, 5) is 13.0. The number of aromatic nitrogens is 3. The van der Waals surface area contributed by atoms with Gasteiger partial charge in [0.2, 0.25) is 5.82 Å². The molecule has 3 heterocycles. The number of piperidine rings is 1. The quantitative estimate of drug-likeness (QED) is 0.364. The van der Waals surface area contributed by atoms with Gasteiger partial charge in [-0.15, -0.1) is 6.42 Å². The van der Waals surface area contributed by atoms with Crippen LogP contribution in [0.15, 0.2) is 60.8 Å². The molecule has 0 amide bonds. The lowest BCUT2D eigenvalue weighted by Gasteiger charge is -2.12. The Balaban J connectivity index is 0.000000343. The molecule has 1 aliphatic carbocycles. The molecule has 1 saturated carbocycles. The van der Waals surface area contributed by atoms with Crippen molar-refractivity contribution in [1.29, 1.82) is 0 Å². The lowest BCUT2D eigenvalue weighted by Crippen LogP contribution is -2.10. The number of benzene rings is 2. The summed E-state index contributed by atoms with van der Waals surface area (Å²) in [5.41, 5.74) is 2.44. The zero-order valence-corrected chi connectivity index (χ0v) is 19.5. The van der Waals surface area contributed by atoms with Crippen molar-refractivity contribution >= 4 is 34.0 Å². The van der Waals surface area contributed by atoms with E-state index in [0.717, 1.165) is 34.2 Å². The minimum Gasteiger partial charge on any atom is -0.454 e. The Hall–Kier alpha value is -3.66. The van der Waals surface area contributed by atoms with Crippen LogP contribution in [0, 0.1) is 25.2 Å². The van der Waals surface area contributed by atoms with Crippen molar-refractivity contribution in [2.75, 3.05) is 11.9 Å². The van der Waals surface area contributed by atoms with Crippen LogP contribution in [0.25, 0.3) is 10.9 Å². The molecule has 4 aromatic rings. The van der Waals surface area contributed by atoms with Crippen LogP contribution in [0.1, 0.15) is 24.4 Å². The summed E-state index contributed by atoms with van der Waals surface area (Å²) in [5, 5.41) is 7.98. The average Bonchev–Trinajstić information content (AvgIpc) is 3.46. The average molecular weight is 470 g/mol. The fourth-order valence-electron chi connectivity index (χ4n) is 3.95. The molecule has 2 atom stereocenters. The predicted octanol–water partition coefficient (Wildman–Crippen LogP) is 5.87. The van der Waals surface area contributed by atoms with E-state index in [1.54, 1.807) is 18.3 Å². The summed E-state index contributed by atoms with van der Waals surface area (Å²) in [7, 11) is 0. The fourth-order valence-corrected chi connectivity index (χ4v) is 4.17. The van der Waals surface area contributed by atoms with Crippen molar-refractivity contribution in [3.63, 3.8) is 0 Å². The molecule has 2 aromatic heterocycles. The molecule has 170 valence electrons. The topological polar surface area (TPSA) is 72.0 Å². The molecule has 7 heteroatoms. The van der Waals surface area contributed by atoms with Gasteiger partial charge in [0, 0.05) is 22.8 Å². The highest BCUT2D eigenvalue weighted by atomic mass is 35.5. The fraction of sp³-hybridized carbons (Fsp3) is 0.222. The zero-order valence-electron chi connectivity index (χ0n) is 18.8. The van der Waals surface area contributed by atoms with Gasteiger partial charge in [-0.05, 0) is 80.6 Å². The molecule has 6 nitrogen and oxygen atoms in total. The summed E-state index contributed by atoms with van der Waals surface area (Å²) in [5.74, 6) is 5.68. The van der Waals surface area contributed by atoms with Gasteiger partial charge in [-0.2, -0.15) is 0 Å². The molecule has 0 bridgehead atoms. The van der Waals surface area contributed by atoms with Gasteiger partial charge in [-0.25, -0.2) is 9.97 Å². The minimum absolute atomic E-state index is 0.319. The van der Waals surface area contributed by atoms with Crippen molar-refractivity contribution in [3.8, 4) is 23.8 Å². The van der Waals surface area contributed by atoms with E-state index in [0.29, 0.717) is 28.2 Å². The maximum atomic E-state index is 6.40. The number of terminal acetylenes is 1. The number of hydrogen-bond donors (Lipinski definition) is 2.